The lowest BCUT2D eigenvalue weighted by Gasteiger charge is -2.39. The third-order valence-electron chi connectivity index (χ3n) is 2.98. The van der Waals surface area contributed by atoms with Gasteiger partial charge in [-0.3, -0.25) is 0 Å². The van der Waals surface area contributed by atoms with E-state index in [1.165, 1.54) is 17.7 Å². The second kappa shape index (κ2) is 3.97. The number of rotatable bonds is 3. The molecular weight excluding hydrogens is 208 g/mol. The van der Waals surface area contributed by atoms with E-state index in [2.05, 4.69) is 13.0 Å². The van der Waals surface area contributed by atoms with Gasteiger partial charge in [-0.1, -0.05) is 0 Å². The molecule has 0 spiro atoms. The van der Waals surface area contributed by atoms with Gasteiger partial charge in [-0.05, 0) is 37.3 Å². The molecule has 1 aliphatic heterocycles. The molecule has 0 bridgehead atoms. The molecule has 0 aliphatic carbocycles. The minimum absolute atomic E-state index is 0.208. The summed E-state index contributed by atoms with van der Waals surface area (Å²) in [5.41, 5.74) is 1.25. The molecule has 2 rings (SSSR count). The standard InChI is InChI=1S/C12H16O2S/c1-12(6-7-15-12)10-8-9(13-2)4-5-11(10)14-3/h4-5,8H,6-7H2,1-3H3. The topological polar surface area (TPSA) is 18.5 Å². The Balaban J connectivity index is 2.41. The summed E-state index contributed by atoms with van der Waals surface area (Å²) in [6, 6.07) is 6.01. The van der Waals surface area contributed by atoms with E-state index < -0.39 is 0 Å². The highest BCUT2D eigenvalue weighted by Gasteiger charge is 2.37. The number of methoxy groups -OCH3 is 2. The van der Waals surface area contributed by atoms with Gasteiger partial charge in [0.25, 0.3) is 0 Å². The maximum atomic E-state index is 5.40. The molecule has 0 amide bonds. The van der Waals surface area contributed by atoms with Crippen LogP contribution >= 0.6 is 11.8 Å². The van der Waals surface area contributed by atoms with Gasteiger partial charge >= 0.3 is 0 Å². The molecule has 1 fully saturated rings. The van der Waals surface area contributed by atoms with Crippen LogP contribution in [0.3, 0.4) is 0 Å². The van der Waals surface area contributed by atoms with Crippen LogP contribution in [0.5, 0.6) is 11.5 Å². The van der Waals surface area contributed by atoms with Crippen molar-refractivity contribution in [3.05, 3.63) is 23.8 Å². The fourth-order valence-electron chi connectivity index (χ4n) is 1.85. The number of ether oxygens (including phenoxy) is 2. The first-order valence-electron chi connectivity index (χ1n) is 5.06. The fraction of sp³-hybridized carbons (Fsp3) is 0.500. The highest BCUT2D eigenvalue weighted by Crippen LogP contribution is 2.52. The summed E-state index contributed by atoms with van der Waals surface area (Å²) in [4.78, 5) is 0. The van der Waals surface area contributed by atoms with E-state index in [9.17, 15) is 0 Å². The van der Waals surface area contributed by atoms with E-state index in [1.807, 2.05) is 23.9 Å². The second-order valence-corrected chi connectivity index (χ2v) is 5.49. The first-order chi connectivity index (χ1) is 7.19. The summed E-state index contributed by atoms with van der Waals surface area (Å²) in [5, 5.41) is 0. The van der Waals surface area contributed by atoms with Crippen molar-refractivity contribution < 1.29 is 9.47 Å². The SMILES string of the molecule is COc1ccc(OC)c(C2(C)CCS2)c1. The van der Waals surface area contributed by atoms with E-state index >= 15 is 0 Å². The van der Waals surface area contributed by atoms with Crippen molar-refractivity contribution >= 4 is 11.8 Å². The van der Waals surface area contributed by atoms with Crippen LogP contribution in [0.1, 0.15) is 18.9 Å². The van der Waals surface area contributed by atoms with Gasteiger partial charge in [0.05, 0.1) is 14.2 Å². The third kappa shape index (κ3) is 1.81. The normalized spacial score (nSPS) is 24.5. The molecule has 15 heavy (non-hydrogen) atoms. The fourth-order valence-corrected chi connectivity index (χ4v) is 2.98. The van der Waals surface area contributed by atoms with Crippen molar-refractivity contribution in [2.45, 2.75) is 18.1 Å². The number of thioether (sulfide) groups is 1. The first kappa shape index (κ1) is 10.7. The molecule has 0 saturated carbocycles. The predicted molar refractivity (Wildman–Crippen MR) is 64.0 cm³/mol. The van der Waals surface area contributed by atoms with Gasteiger partial charge in [0.1, 0.15) is 11.5 Å². The van der Waals surface area contributed by atoms with Gasteiger partial charge < -0.3 is 9.47 Å². The molecule has 1 heterocycles. The van der Waals surface area contributed by atoms with Crippen molar-refractivity contribution in [1.29, 1.82) is 0 Å². The summed E-state index contributed by atoms with van der Waals surface area (Å²) in [6.07, 6.45) is 1.21. The molecule has 1 aromatic carbocycles. The Morgan fingerprint density at radius 1 is 1.27 bits per heavy atom. The number of benzene rings is 1. The van der Waals surface area contributed by atoms with Gasteiger partial charge in [0.15, 0.2) is 0 Å². The smallest absolute Gasteiger partial charge is 0.123 e. The minimum Gasteiger partial charge on any atom is -0.497 e. The molecular formula is C12H16O2S. The van der Waals surface area contributed by atoms with Crippen molar-refractivity contribution in [2.24, 2.45) is 0 Å². The molecule has 0 radical (unpaired) electrons. The summed E-state index contributed by atoms with van der Waals surface area (Å²) in [6.45, 7) is 2.26. The Morgan fingerprint density at radius 3 is 2.47 bits per heavy atom. The zero-order valence-corrected chi connectivity index (χ0v) is 10.2. The summed E-state index contributed by atoms with van der Waals surface area (Å²) >= 11 is 1.97. The molecule has 0 N–H and O–H groups in total. The third-order valence-corrected chi connectivity index (χ3v) is 4.45. The Kier molecular flexibility index (Phi) is 2.83. The van der Waals surface area contributed by atoms with Crippen LogP contribution in [0.25, 0.3) is 0 Å². The molecule has 1 unspecified atom stereocenters. The first-order valence-corrected chi connectivity index (χ1v) is 6.04. The highest BCUT2D eigenvalue weighted by molar-refractivity contribution is 8.01. The summed E-state index contributed by atoms with van der Waals surface area (Å²) in [7, 11) is 3.42. The van der Waals surface area contributed by atoms with Gasteiger partial charge in [0.2, 0.25) is 0 Å². The quantitative estimate of drug-likeness (QED) is 0.786. The Labute approximate surface area is 95.0 Å². The Bertz CT molecular complexity index is 359. The lowest BCUT2D eigenvalue weighted by Crippen LogP contribution is -2.28. The van der Waals surface area contributed by atoms with Gasteiger partial charge in [-0.2, -0.15) is 11.8 Å². The van der Waals surface area contributed by atoms with Gasteiger partial charge in [-0.15, -0.1) is 0 Å². The molecule has 82 valence electrons. The van der Waals surface area contributed by atoms with Crippen molar-refractivity contribution in [3.63, 3.8) is 0 Å². The maximum absolute atomic E-state index is 5.40. The molecule has 1 aliphatic rings. The Morgan fingerprint density at radius 2 is 2.00 bits per heavy atom. The van der Waals surface area contributed by atoms with Gasteiger partial charge in [-0.25, -0.2) is 0 Å². The minimum atomic E-state index is 0.208. The van der Waals surface area contributed by atoms with Crippen molar-refractivity contribution in [2.75, 3.05) is 20.0 Å². The van der Waals surface area contributed by atoms with Crippen molar-refractivity contribution in [3.8, 4) is 11.5 Å². The van der Waals surface area contributed by atoms with Crippen LogP contribution in [0.2, 0.25) is 0 Å². The molecule has 0 aromatic heterocycles. The summed E-state index contributed by atoms with van der Waals surface area (Å²) in [5.74, 6) is 3.10. The molecule has 1 atom stereocenters. The van der Waals surface area contributed by atoms with Crippen LogP contribution in [0.15, 0.2) is 18.2 Å². The number of hydrogen-bond acceptors (Lipinski definition) is 3. The maximum Gasteiger partial charge on any atom is 0.123 e. The van der Waals surface area contributed by atoms with Gasteiger partial charge in [0, 0.05) is 10.3 Å². The van der Waals surface area contributed by atoms with Crippen molar-refractivity contribution in [1.82, 2.24) is 0 Å². The molecule has 1 saturated heterocycles. The molecule has 2 nitrogen and oxygen atoms in total. The molecule has 1 aromatic rings. The van der Waals surface area contributed by atoms with E-state index in [0.717, 1.165) is 11.5 Å². The average molecular weight is 224 g/mol. The summed E-state index contributed by atoms with van der Waals surface area (Å²) < 4.78 is 10.9. The lowest BCUT2D eigenvalue weighted by atomic mass is 9.95. The van der Waals surface area contributed by atoms with E-state index in [1.54, 1.807) is 14.2 Å². The highest BCUT2D eigenvalue weighted by atomic mass is 32.2. The lowest BCUT2D eigenvalue weighted by molar-refractivity contribution is 0.391. The Hall–Kier alpha value is -0.830. The monoisotopic (exact) mass is 224 g/mol. The van der Waals surface area contributed by atoms with E-state index in [4.69, 9.17) is 9.47 Å². The van der Waals surface area contributed by atoms with E-state index in [0.29, 0.717) is 0 Å². The van der Waals surface area contributed by atoms with Crippen LogP contribution in [0.4, 0.5) is 0 Å². The van der Waals surface area contributed by atoms with Crippen LogP contribution in [-0.2, 0) is 4.75 Å². The number of hydrogen-bond donors (Lipinski definition) is 0. The van der Waals surface area contributed by atoms with Crippen LogP contribution in [0, 0.1) is 0 Å². The zero-order chi connectivity index (χ0) is 10.9. The van der Waals surface area contributed by atoms with Crippen LogP contribution in [-0.4, -0.2) is 20.0 Å². The zero-order valence-electron chi connectivity index (χ0n) is 9.37. The predicted octanol–water partition coefficient (Wildman–Crippen LogP) is 3.06. The van der Waals surface area contributed by atoms with Crippen LogP contribution < -0.4 is 9.47 Å². The second-order valence-electron chi connectivity index (χ2n) is 3.90. The van der Waals surface area contributed by atoms with E-state index in [-0.39, 0.29) is 4.75 Å². The molecule has 3 heteroatoms. The average Bonchev–Trinajstić information content (AvgIpc) is 2.25. The largest absolute Gasteiger partial charge is 0.497 e.